The van der Waals surface area contributed by atoms with Crippen LogP contribution in [-0.2, 0) is 0 Å². The lowest BCUT2D eigenvalue weighted by Gasteiger charge is -2.39. The second kappa shape index (κ2) is 11.0. The van der Waals surface area contributed by atoms with E-state index in [4.69, 9.17) is 9.97 Å². The van der Waals surface area contributed by atoms with Crippen LogP contribution in [-0.4, -0.2) is 20.1 Å². The lowest BCUT2D eigenvalue weighted by atomic mass is 9.80. The molecule has 254 valence electrons. The summed E-state index contributed by atoms with van der Waals surface area (Å²) in [5.74, 6) is 1.08. The molecular formula is C49H32N4S. The average molecular weight is 709 g/mol. The van der Waals surface area contributed by atoms with Gasteiger partial charge in [-0.1, -0.05) is 121 Å². The van der Waals surface area contributed by atoms with Crippen LogP contribution in [0.2, 0.25) is 0 Å². The summed E-state index contributed by atoms with van der Waals surface area (Å²) < 4.78 is 4.91. The molecule has 0 fully saturated rings. The van der Waals surface area contributed by atoms with Crippen molar-refractivity contribution in [1.82, 2.24) is 14.5 Å². The van der Waals surface area contributed by atoms with Crippen molar-refractivity contribution in [2.45, 2.75) is 18.4 Å². The molecular weight excluding hydrogens is 677 g/mol. The first-order valence-corrected chi connectivity index (χ1v) is 19.4. The van der Waals surface area contributed by atoms with Crippen LogP contribution in [0.1, 0.15) is 18.4 Å². The molecule has 1 aliphatic carbocycles. The van der Waals surface area contributed by atoms with E-state index in [-0.39, 0.29) is 11.5 Å². The molecule has 10 aromatic rings. The Hall–Kier alpha value is -6.56. The van der Waals surface area contributed by atoms with Crippen LogP contribution < -0.4 is 4.90 Å². The predicted octanol–water partition coefficient (Wildman–Crippen LogP) is 13.0. The van der Waals surface area contributed by atoms with Crippen LogP contribution >= 0.6 is 11.3 Å². The number of hydrogen-bond acceptors (Lipinski definition) is 4. The SMILES string of the molecule is CC12C=CC=CC1c1ccccc1N2c1ccc2c3c4ccccc4ccc3n(-c3nc4ccccc4nc3-c3cccc4sc5ccccc5c34)c2c1. The number of aromatic nitrogens is 3. The van der Waals surface area contributed by atoms with Crippen molar-refractivity contribution in [3.63, 3.8) is 0 Å². The normalized spacial score (nSPS) is 17.8. The van der Waals surface area contributed by atoms with Gasteiger partial charge < -0.3 is 4.90 Å². The molecule has 0 N–H and O–H groups in total. The number of hydrogen-bond donors (Lipinski definition) is 0. The maximum absolute atomic E-state index is 5.56. The molecule has 0 saturated heterocycles. The van der Waals surface area contributed by atoms with Gasteiger partial charge in [-0.3, -0.25) is 4.57 Å². The number of rotatable bonds is 3. The Kier molecular flexibility index (Phi) is 6.09. The zero-order valence-corrected chi connectivity index (χ0v) is 30.3. The largest absolute Gasteiger partial charge is 0.331 e. The molecule has 0 amide bonds. The van der Waals surface area contributed by atoms with Crippen LogP contribution in [0.15, 0.2) is 170 Å². The maximum Gasteiger partial charge on any atom is 0.165 e. The number of allylic oxidation sites excluding steroid dienone is 2. The summed E-state index contributed by atoms with van der Waals surface area (Å²) in [6, 6.07) is 52.8. The van der Waals surface area contributed by atoms with E-state index in [0.717, 1.165) is 44.8 Å². The second-order valence-corrected chi connectivity index (χ2v) is 15.8. The third-order valence-electron chi connectivity index (χ3n) is 11.8. The van der Waals surface area contributed by atoms with E-state index in [9.17, 15) is 0 Å². The fourth-order valence-electron chi connectivity index (χ4n) is 9.43. The molecule has 2 atom stereocenters. The number of benzene rings is 7. The van der Waals surface area contributed by atoms with Gasteiger partial charge in [0.1, 0.15) is 5.69 Å². The molecule has 2 aliphatic rings. The van der Waals surface area contributed by atoms with Gasteiger partial charge in [-0.25, -0.2) is 9.97 Å². The minimum Gasteiger partial charge on any atom is -0.331 e. The van der Waals surface area contributed by atoms with E-state index in [1.165, 1.54) is 53.0 Å². The Bertz CT molecular complexity index is 3270. The fraction of sp³-hybridized carbons (Fsp3) is 0.0612. The van der Waals surface area contributed by atoms with Gasteiger partial charge >= 0.3 is 0 Å². The summed E-state index contributed by atoms with van der Waals surface area (Å²) in [5.41, 5.74) is 9.42. The fourth-order valence-corrected chi connectivity index (χ4v) is 10.6. The van der Waals surface area contributed by atoms with E-state index >= 15 is 0 Å². The number of anilines is 2. The highest BCUT2D eigenvalue weighted by Gasteiger charge is 2.46. The lowest BCUT2D eigenvalue weighted by Crippen LogP contribution is -2.41. The van der Waals surface area contributed by atoms with Gasteiger partial charge in [-0.05, 0) is 71.8 Å². The van der Waals surface area contributed by atoms with Crippen LogP contribution in [0.4, 0.5) is 11.4 Å². The van der Waals surface area contributed by atoms with Crippen molar-refractivity contribution in [3.8, 4) is 17.1 Å². The Morgan fingerprint density at radius 2 is 1.39 bits per heavy atom. The van der Waals surface area contributed by atoms with Gasteiger partial charge in [0.05, 0.1) is 27.6 Å². The molecule has 4 heterocycles. The Morgan fingerprint density at radius 3 is 2.31 bits per heavy atom. The molecule has 0 radical (unpaired) electrons. The Labute approximate surface area is 315 Å². The van der Waals surface area contributed by atoms with E-state index in [0.29, 0.717) is 0 Å². The number of nitrogens with zero attached hydrogens (tertiary/aromatic N) is 4. The summed E-state index contributed by atoms with van der Waals surface area (Å²) in [4.78, 5) is 13.6. The van der Waals surface area contributed by atoms with Crippen molar-refractivity contribution in [1.29, 1.82) is 0 Å². The van der Waals surface area contributed by atoms with Crippen molar-refractivity contribution in [2.24, 2.45) is 0 Å². The lowest BCUT2D eigenvalue weighted by molar-refractivity contribution is 0.542. The van der Waals surface area contributed by atoms with Gasteiger partial charge in [0.15, 0.2) is 5.82 Å². The van der Waals surface area contributed by atoms with E-state index in [2.05, 4.69) is 186 Å². The molecule has 1 aliphatic heterocycles. The van der Waals surface area contributed by atoms with E-state index < -0.39 is 0 Å². The first kappa shape index (κ1) is 30.0. The number of thiophene rings is 1. The first-order valence-electron chi connectivity index (χ1n) is 18.5. The highest BCUT2D eigenvalue weighted by atomic mass is 32.1. The maximum atomic E-state index is 5.56. The minimum absolute atomic E-state index is 0.251. The number of fused-ring (bicyclic) bond motifs is 12. The minimum atomic E-state index is -0.251. The monoisotopic (exact) mass is 708 g/mol. The highest BCUT2D eigenvalue weighted by Crippen LogP contribution is 2.54. The molecule has 0 saturated carbocycles. The van der Waals surface area contributed by atoms with E-state index in [1.54, 1.807) is 0 Å². The van der Waals surface area contributed by atoms with Gasteiger partial charge in [-0.15, -0.1) is 11.3 Å². The summed E-state index contributed by atoms with van der Waals surface area (Å²) in [5, 5.41) is 7.33. The molecule has 0 spiro atoms. The third-order valence-corrected chi connectivity index (χ3v) is 12.9. The van der Waals surface area contributed by atoms with Gasteiger partial charge in [-0.2, -0.15) is 0 Å². The number of para-hydroxylation sites is 3. The van der Waals surface area contributed by atoms with Gasteiger partial charge in [0.2, 0.25) is 0 Å². The van der Waals surface area contributed by atoms with Crippen LogP contribution in [0.5, 0.6) is 0 Å². The molecule has 2 unspecified atom stereocenters. The van der Waals surface area contributed by atoms with Crippen molar-refractivity contribution >= 4 is 86.5 Å². The smallest absolute Gasteiger partial charge is 0.165 e. The molecule has 3 aromatic heterocycles. The Balaban J connectivity index is 1.22. The zero-order valence-electron chi connectivity index (χ0n) is 29.4. The van der Waals surface area contributed by atoms with Crippen LogP contribution in [0.25, 0.3) is 80.9 Å². The summed E-state index contributed by atoms with van der Waals surface area (Å²) in [7, 11) is 0. The van der Waals surface area contributed by atoms with Crippen LogP contribution in [0, 0.1) is 0 Å². The van der Waals surface area contributed by atoms with Crippen molar-refractivity contribution < 1.29 is 0 Å². The third kappa shape index (κ3) is 4.02. The first-order chi connectivity index (χ1) is 26.7. The zero-order chi connectivity index (χ0) is 35.5. The van der Waals surface area contributed by atoms with E-state index in [1.807, 2.05) is 11.3 Å². The molecule has 12 rings (SSSR count). The van der Waals surface area contributed by atoms with Crippen molar-refractivity contribution in [2.75, 3.05) is 4.90 Å². The quantitative estimate of drug-likeness (QED) is 0.183. The Morgan fingerprint density at radius 1 is 0.611 bits per heavy atom. The highest BCUT2D eigenvalue weighted by molar-refractivity contribution is 7.25. The predicted molar refractivity (Wildman–Crippen MR) is 228 cm³/mol. The molecule has 5 heteroatoms. The standard InChI is InChI=1S/C49H32N4S/c1-49-28-11-10-18-37(49)33-15-4-8-21-40(33)53(49)31-25-26-34-42(29-31)52(41-27-24-30-13-2-3-14-32(30)45(34)41)48-47(50-38-19-6-7-20-39(38)51-48)36-17-12-23-44-46(36)35-16-5-9-22-43(35)54-44/h2-29,37H,1H3. The van der Waals surface area contributed by atoms with Gasteiger partial charge in [0.25, 0.3) is 0 Å². The summed E-state index contributed by atoms with van der Waals surface area (Å²) >= 11 is 1.83. The van der Waals surface area contributed by atoms with Crippen LogP contribution in [0.3, 0.4) is 0 Å². The second-order valence-electron chi connectivity index (χ2n) is 14.7. The molecule has 0 bridgehead atoms. The van der Waals surface area contributed by atoms with Gasteiger partial charge in [0, 0.05) is 53.8 Å². The molecule has 4 nitrogen and oxygen atoms in total. The molecule has 54 heavy (non-hydrogen) atoms. The topological polar surface area (TPSA) is 34.0 Å². The average Bonchev–Trinajstić information content (AvgIpc) is 3.85. The summed E-state index contributed by atoms with van der Waals surface area (Å²) in [6.45, 7) is 2.36. The van der Waals surface area contributed by atoms with Crippen molar-refractivity contribution in [3.05, 3.63) is 175 Å². The molecule has 7 aromatic carbocycles. The summed E-state index contributed by atoms with van der Waals surface area (Å²) in [6.07, 6.45) is 9.11.